The summed E-state index contributed by atoms with van der Waals surface area (Å²) in [7, 11) is 0. The molecule has 0 aliphatic carbocycles. The molecule has 0 spiro atoms. The largest absolute Gasteiger partial charge is 0.506 e. The molecule has 92 valence electrons. The molecule has 0 bridgehead atoms. The van der Waals surface area contributed by atoms with Crippen LogP contribution < -0.4 is 10.9 Å². The number of benzene rings is 1. The Kier molecular flexibility index (Phi) is 3.29. The quantitative estimate of drug-likeness (QED) is 0.715. The topological polar surface area (TPSA) is 95.1 Å². The van der Waals surface area contributed by atoms with Crippen molar-refractivity contribution in [2.24, 2.45) is 0 Å². The fraction of sp³-hybridized carbons (Fsp3) is 0. The molecule has 1 aromatic heterocycles. The van der Waals surface area contributed by atoms with E-state index in [0.29, 0.717) is 5.69 Å². The third kappa shape index (κ3) is 2.67. The van der Waals surface area contributed by atoms with E-state index in [0.717, 1.165) is 0 Å². The highest BCUT2D eigenvalue weighted by Gasteiger charge is 2.08. The minimum atomic E-state index is -0.493. The van der Waals surface area contributed by atoms with E-state index in [9.17, 15) is 14.7 Å². The third-order valence-corrected chi connectivity index (χ3v) is 2.42. The van der Waals surface area contributed by atoms with Gasteiger partial charge in [0.25, 0.3) is 11.5 Å². The van der Waals surface area contributed by atoms with E-state index in [1.54, 1.807) is 0 Å². The van der Waals surface area contributed by atoms with Gasteiger partial charge in [0.15, 0.2) is 0 Å². The molecule has 6 nitrogen and oxygen atoms in total. The van der Waals surface area contributed by atoms with Crippen molar-refractivity contribution >= 4 is 23.2 Å². The normalized spacial score (nSPS) is 10.1. The number of rotatable bonds is 2. The van der Waals surface area contributed by atoms with Crippen LogP contribution in [0.3, 0.4) is 0 Å². The van der Waals surface area contributed by atoms with Crippen molar-refractivity contribution in [1.29, 1.82) is 0 Å². The summed E-state index contributed by atoms with van der Waals surface area (Å²) >= 11 is 5.70. The Morgan fingerprint density at radius 2 is 2.11 bits per heavy atom. The molecule has 0 unspecified atom stereocenters. The van der Waals surface area contributed by atoms with Gasteiger partial charge in [-0.15, -0.1) is 0 Å². The fourth-order valence-electron chi connectivity index (χ4n) is 1.25. The van der Waals surface area contributed by atoms with Gasteiger partial charge < -0.3 is 10.4 Å². The molecule has 0 aliphatic rings. The minimum absolute atomic E-state index is 0.0683. The van der Waals surface area contributed by atoms with E-state index in [1.807, 2.05) is 0 Å². The van der Waals surface area contributed by atoms with Crippen LogP contribution in [0.1, 0.15) is 10.5 Å². The first-order valence-corrected chi connectivity index (χ1v) is 5.29. The molecule has 0 saturated heterocycles. The molecule has 2 rings (SSSR count). The summed E-state index contributed by atoms with van der Waals surface area (Å²) in [6, 6.07) is 6.76. The smallest absolute Gasteiger partial charge is 0.276 e. The highest BCUT2D eigenvalue weighted by Crippen LogP contribution is 2.26. The number of aromatic nitrogens is 2. The number of phenolic OH excluding ortho intramolecular Hbond substituents is 1. The Morgan fingerprint density at radius 1 is 1.33 bits per heavy atom. The SMILES string of the molecule is O=C(Nc1ccc(O)c(Cl)c1)c1ccc(=O)[nH]n1. The highest BCUT2D eigenvalue weighted by atomic mass is 35.5. The first kappa shape index (κ1) is 12.1. The van der Waals surface area contributed by atoms with Gasteiger partial charge in [-0.2, -0.15) is 5.10 Å². The van der Waals surface area contributed by atoms with Crippen molar-refractivity contribution < 1.29 is 9.90 Å². The van der Waals surface area contributed by atoms with E-state index < -0.39 is 5.91 Å². The number of aromatic hydroxyl groups is 1. The number of hydrogen-bond acceptors (Lipinski definition) is 4. The molecule has 0 radical (unpaired) electrons. The van der Waals surface area contributed by atoms with Gasteiger partial charge in [0.05, 0.1) is 5.02 Å². The van der Waals surface area contributed by atoms with Gasteiger partial charge in [0.1, 0.15) is 11.4 Å². The zero-order valence-corrected chi connectivity index (χ0v) is 9.73. The first-order chi connectivity index (χ1) is 8.56. The van der Waals surface area contributed by atoms with Crippen LogP contribution in [-0.2, 0) is 0 Å². The van der Waals surface area contributed by atoms with Crippen LogP contribution in [0.2, 0.25) is 5.02 Å². The number of amides is 1. The number of carbonyl (C=O) groups is 1. The summed E-state index contributed by atoms with van der Waals surface area (Å²) in [5.41, 5.74) is 0.0915. The Morgan fingerprint density at radius 3 is 2.72 bits per heavy atom. The van der Waals surface area contributed by atoms with Crippen LogP contribution in [-0.4, -0.2) is 21.2 Å². The number of carbonyl (C=O) groups excluding carboxylic acids is 1. The number of phenols is 1. The number of halogens is 1. The molecule has 0 saturated carbocycles. The lowest BCUT2D eigenvalue weighted by Gasteiger charge is -2.05. The van der Waals surface area contributed by atoms with E-state index in [-0.39, 0.29) is 22.0 Å². The number of H-pyrrole nitrogens is 1. The summed E-state index contributed by atoms with van der Waals surface area (Å²) in [5.74, 6) is -0.565. The highest BCUT2D eigenvalue weighted by molar-refractivity contribution is 6.32. The van der Waals surface area contributed by atoms with Gasteiger partial charge in [-0.25, -0.2) is 5.10 Å². The van der Waals surface area contributed by atoms with Crippen LogP contribution in [0, 0.1) is 0 Å². The number of anilines is 1. The van der Waals surface area contributed by atoms with E-state index >= 15 is 0 Å². The summed E-state index contributed by atoms with van der Waals surface area (Å²) in [5, 5.41) is 17.6. The van der Waals surface area contributed by atoms with Crippen molar-refractivity contribution in [2.75, 3.05) is 5.32 Å². The average Bonchev–Trinajstić information content (AvgIpc) is 2.34. The second-order valence-electron chi connectivity index (χ2n) is 3.43. The molecule has 1 heterocycles. The van der Waals surface area contributed by atoms with Crippen LogP contribution in [0.25, 0.3) is 0 Å². The molecule has 7 heteroatoms. The monoisotopic (exact) mass is 265 g/mol. The Labute approximate surface area is 106 Å². The molecule has 1 aromatic carbocycles. The van der Waals surface area contributed by atoms with Gasteiger partial charge in [0, 0.05) is 11.8 Å². The number of nitrogens with one attached hydrogen (secondary N) is 2. The predicted octanol–water partition coefficient (Wildman–Crippen LogP) is 1.38. The van der Waals surface area contributed by atoms with Gasteiger partial charge in [0.2, 0.25) is 0 Å². The maximum absolute atomic E-state index is 11.7. The molecule has 3 N–H and O–H groups in total. The molecule has 0 fully saturated rings. The Hall–Kier alpha value is -2.34. The fourth-order valence-corrected chi connectivity index (χ4v) is 1.43. The number of nitrogens with zero attached hydrogens (tertiary/aromatic N) is 1. The van der Waals surface area contributed by atoms with Crippen molar-refractivity contribution in [3.63, 3.8) is 0 Å². The van der Waals surface area contributed by atoms with Crippen molar-refractivity contribution in [3.8, 4) is 5.75 Å². The summed E-state index contributed by atoms with van der Waals surface area (Å²) in [6.45, 7) is 0. The van der Waals surface area contributed by atoms with Crippen molar-refractivity contribution in [1.82, 2.24) is 10.2 Å². The maximum atomic E-state index is 11.7. The van der Waals surface area contributed by atoms with E-state index in [1.165, 1.54) is 30.3 Å². The lowest BCUT2D eigenvalue weighted by molar-refractivity contribution is 0.102. The van der Waals surface area contributed by atoms with Crippen LogP contribution in [0.5, 0.6) is 5.75 Å². The summed E-state index contributed by atoms with van der Waals surface area (Å²) < 4.78 is 0. The van der Waals surface area contributed by atoms with Gasteiger partial charge in [-0.05, 0) is 24.3 Å². The lowest BCUT2D eigenvalue weighted by atomic mass is 10.3. The number of aromatic amines is 1. The van der Waals surface area contributed by atoms with E-state index in [2.05, 4.69) is 15.5 Å². The van der Waals surface area contributed by atoms with Gasteiger partial charge in [-0.1, -0.05) is 11.6 Å². The molecular weight excluding hydrogens is 258 g/mol. The summed E-state index contributed by atoms with van der Waals surface area (Å²) in [4.78, 5) is 22.5. The maximum Gasteiger partial charge on any atom is 0.276 e. The van der Waals surface area contributed by atoms with E-state index in [4.69, 9.17) is 11.6 Å². The van der Waals surface area contributed by atoms with Gasteiger partial charge >= 0.3 is 0 Å². The zero-order chi connectivity index (χ0) is 13.1. The van der Waals surface area contributed by atoms with Crippen molar-refractivity contribution in [2.45, 2.75) is 0 Å². The summed E-state index contributed by atoms with van der Waals surface area (Å²) in [6.07, 6.45) is 0. The molecule has 1 amide bonds. The van der Waals surface area contributed by atoms with Crippen LogP contribution in [0.15, 0.2) is 35.1 Å². The van der Waals surface area contributed by atoms with Crippen LogP contribution >= 0.6 is 11.6 Å². The Bertz CT molecular complexity index is 634. The Balaban J connectivity index is 2.18. The van der Waals surface area contributed by atoms with Gasteiger partial charge in [-0.3, -0.25) is 9.59 Å². The lowest BCUT2D eigenvalue weighted by Crippen LogP contribution is -2.17. The third-order valence-electron chi connectivity index (χ3n) is 2.12. The standard InChI is InChI=1S/C11H8ClN3O3/c12-7-5-6(1-3-9(7)16)13-11(18)8-2-4-10(17)15-14-8/h1-5,16H,(H,13,18)(H,15,17). The first-order valence-electron chi connectivity index (χ1n) is 4.92. The molecule has 2 aromatic rings. The molecule has 0 aliphatic heterocycles. The number of hydrogen-bond donors (Lipinski definition) is 3. The minimum Gasteiger partial charge on any atom is -0.506 e. The second kappa shape index (κ2) is 4.89. The molecule has 18 heavy (non-hydrogen) atoms. The van der Waals surface area contributed by atoms with Crippen LogP contribution in [0.4, 0.5) is 5.69 Å². The molecule has 0 atom stereocenters. The van der Waals surface area contributed by atoms with Crippen molar-refractivity contribution in [3.05, 3.63) is 51.4 Å². The predicted molar refractivity (Wildman–Crippen MR) is 65.9 cm³/mol. The average molecular weight is 266 g/mol. The second-order valence-corrected chi connectivity index (χ2v) is 3.83. The zero-order valence-electron chi connectivity index (χ0n) is 8.98. The molecular formula is C11H8ClN3O3.